The van der Waals surface area contributed by atoms with Gasteiger partial charge < -0.3 is 10.8 Å². The lowest BCUT2D eigenvalue weighted by Gasteiger charge is -2.37. The second-order valence-corrected chi connectivity index (χ2v) is 5.60. The number of hydrogen-bond donors (Lipinski definition) is 2. The zero-order valence-corrected chi connectivity index (χ0v) is 10.9. The Morgan fingerprint density at radius 1 is 1.42 bits per heavy atom. The third-order valence-electron chi connectivity index (χ3n) is 4.31. The highest BCUT2D eigenvalue weighted by molar-refractivity contribution is 5.22. The fourth-order valence-electron chi connectivity index (χ4n) is 3.38. The summed E-state index contributed by atoms with van der Waals surface area (Å²) in [7, 11) is 0. The van der Waals surface area contributed by atoms with Crippen LogP contribution in [-0.2, 0) is 0 Å². The highest BCUT2D eigenvalue weighted by Crippen LogP contribution is 2.44. The first-order valence-electron chi connectivity index (χ1n) is 6.91. The highest BCUT2D eigenvalue weighted by Gasteiger charge is 2.44. The van der Waals surface area contributed by atoms with Crippen LogP contribution in [0.2, 0.25) is 0 Å². The lowest BCUT2D eigenvalue weighted by molar-refractivity contribution is -0.0273. The monoisotopic (exact) mass is 260 g/mol. The van der Waals surface area contributed by atoms with Crippen LogP contribution in [0.5, 0.6) is 0 Å². The smallest absolute Gasteiger partial charge is 0.0889 e. The van der Waals surface area contributed by atoms with Crippen LogP contribution in [0.3, 0.4) is 0 Å². The van der Waals surface area contributed by atoms with E-state index in [1.807, 2.05) is 23.0 Å². The van der Waals surface area contributed by atoms with Gasteiger partial charge in [-0.1, -0.05) is 30.2 Å². The molecule has 0 saturated heterocycles. The average Bonchev–Trinajstić information content (AvgIpc) is 3.05. The first-order valence-corrected chi connectivity index (χ1v) is 6.91. The van der Waals surface area contributed by atoms with E-state index in [0.29, 0.717) is 0 Å². The molecular formula is C14H20N4O. The molecule has 1 fully saturated rings. The van der Waals surface area contributed by atoms with Crippen LogP contribution in [0.4, 0.5) is 0 Å². The molecule has 0 amide bonds. The van der Waals surface area contributed by atoms with E-state index in [9.17, 15) is 5.11 Å². The zero-order chi connectivity index (χ0) is 13.3. The van der Waals surface area contributed by atoms with Crippen molar-refractivity contribution in [3.05, 3.63) is 36.3 Å². The lowest BCUT2D eigenvalue weighted by Crippen LogP contribution is -2.41. The van der Waals surface area contributed by atoms with E-state index < -0.39 is 5.60 Å². The maximum Gasteiger partial charge on any atom is 0.0889 e. The molecule has 1 aromatic heterocycles. The summed E-state index contributed by atoms with van der Waals surface area (Å²) in [6.45, 7) is 0. The number of hydrogen-bond acceptors (Lipinski definition) is 4. The zero-order valence-electron chi connectivity index (χ0n) is 10.9. The standard InChI is InChI=1S/C14H20N4O/c15-12-5-3-11(4-6-12)13(18-10-9-16-17-18)14(19)7-1-2-8-14/h3,5-6,9-11,13,19H,1-2,4,7-8,15H2. The van der Waals surface area contributed by atoms with Gasteiger partial charge in [-0.2, -0.15) is 0 Å². The van der Waals surface area contributed by atoms with Crippen molar-refractivity contribution in [2.45, 2.75) is 43.7 Å². The molecular weight excluding hydrogens is 240 g/mol. The molecule has 2 aliphatic carbocycles. The molecule has 5 heteroatoms. The molecule has 3 N–H and O–H groups in total. The van der Waals surface area contributed by atoms with Gasteiger partial charge in [-0.05, 0) is 25.3 Å². The number of aliphatic hydroxyl groups is 1. The van der Waals surface area contributed by atoms with Gasteiger partial charge in [0, 0.05) is 17.8 Å². The molecule has 2 unspecified atom stereocenters. The highest BCUT2D eigenvalue weighted by atomic mass is 16.3. The van der Waals surface area contributed by atoms with Gasteiger partial charge in [-0.25, -0.2) is 4.68 Å². The summed E-state index contributed by atoms with van der Waals surface area (Å²) < 4.78 is 1.82. The van der Waals surface area contributed by atoms with Gasteiger partial charge in [-0.3, -0.25) is 0 Å². The van der Waals surface area contributed by atoms with Crippen molar-refractivity contribution >= 4 is 0 Å². The van der Waals surface area contributed by atoms with E-state index in [-0.39, 0.29) is 12.0 Å². The summed E-state index contributed by atoms with van der Waals surface area (Å²) >= 11 is 0. The normalized spacial score (nSPS) is 27.2. The summed E-state index contributed by atoms with van der Waals surface area (Å²) in [4.78, 5) is 0. The molecule has 1 saturated carbocycles. The van der Waals surface area contributed by atoms with E-state index in [1.165, 1.54) is 0 Å². The van der Waals surface area contributed by atoms with Gasteiger partial charge in [0.25, 0.3) is 0 Å². The van der Waals surface area contributed by atoms with Crippen molar-refractivity contribution in [1.82, 2.24) is 15.0 Å². The number of allylic oxidation sites excluding steroid dienone is 3. The Bertz CT molecular complexity index is 486. The van der Waals surface area contributed by atoms with Gasteiger partial charge >= 0.3 is 0 Å². The van der Waals surface area contributed by atoms with Crippen molar-refractivity contribution in [3.63, 3.8) is 0 Å². The first-order chi connectivity index (χ1) is 9.19. The van der Waals surface area contributed by atoms with Crippen molar-refractivity contribution < 1.29 is 5.11 Å². The summed E-state index contributed by atoms with van der Waals surface area (Å²) in [6, 6.07) is -0.0573. The summed E-state index contributed by atoms with van der Waals surface area (Å²) in [5.41, 5.74) is 5.90. The van der Waals surface area contributed by atoms with E-state index in [2.05, 4.69) is 16.4 Å². The molecule has 1 heterocycles. The molecule has 0 bridgehead atoms. The van der Waals surface area contributed by atoms with E-state index >= 15 is 0 Å². The quantitative estimate of drug-likeness (QED) is 0.864. The van der Waals surface area contributed by atoms with E-state index in [1.54, 1.807) is 6.20 Å². The van der Waals surface area contributed by atoms with Gasteiger partial charge in [-0.15, -0.1) is 5.10 Å². The number of aromatic nitrogens is 3. The predicted octanol–water partition coefficient (Wildman–Crippen LogP) is 1.54. The Morgan fingerprint density at radius 3 is 2.79 bits per heavy atom. The van der Waals surface area contributed by atoms with Crippen molar-refractivity contribution in [3.8, 4) is 0 Å². The van der Waals surface area contributed by atoms with Crippen LogP contribution in [0.15, 0.2) is 36.3 Å². The van der Waals surface area contributed by atoms with Crippen molar-refractivity contribution in [1.29, 1.82) is 0 Å². The lowest BCUT2D eigenvalue weighted by atomic mass is 9.80. The van der Waals surface area contributed by atoms with Crippen LogP contribution >= 0.6 is 0 Å². The molecule has 0 radical (unpaired) electrons. The molecule has 0 aliphatic heterocycles. The average molecular weight is 260 g/mol. The fraction of sp³-hybridized carbons (Fsp3) is 0.571. The minimum atomic E-state index is -0.678. The van der Waals surface area contributed by atoms with Crippen LogP contribution in [0.1, 0.15) is 38.1 Å². The van der Waals surface area contributed by atoms with Gasteiger partial charge in [0.2, 0.25) is 0 Å². The molecule has 0 aromatic carbocycles. The number of rotatable bonds is 3. The molecule has 1 aromatic rings. The Balaban J connectivity index is 1.91. The number of nitrogens with zero attached hydrogens (tertiary/aromatic N) is 3. The third kappa shape index (κ3) is 2.30. The van der Waals surface area contributed by atoms with E-state index in [4.69, 9.17) is 5.73 Å². The molecule has 2 atom stereocenters. The summed E-state index contributed by atoms with van der Waals surface area (Å²) in [5.74, 6) is 0.220. The molecule has 2 aliphatic rings. The van der Waals surface area contributed by atoms with Crippen LogP contribution in [-0.4, -0.2) is 25.7 Å². The topological polar surface area (TPSA) is 77.0 Å². The Hall–Kier alpha value is -1.62. The summed E-state index contributed by atoms with van der Waals surface area (Å²) in [6.07, 6.45) is 14.2. The SMILES string of the molecule is NC1=CCC(C(n2ccnn2)C2(O)CCCC2)C=C1. The van der Waals surface area contributed by atoms with Crippen molar-refractivity contribution in [2.24, 2.45) is 11.7 Å². The number of nitrogens with two attached hydrogens (primary N) is 1. The van der Waals surface area contributed by atoms with E-state index in [0.717, 1.165) is 37.8 Å². The minimum absolute atomic E-state index is 0.0573. The van der Waals surface area contributed by atoms with Crippen LogP contribution < -0.4 is 5.73 Å². The second-order valence-electron chi connectivity index (χ2n) is 5.60. The molecule has 0 spiro atoms. The molecule has 102 valence electrons. The molecule has 3 rings (SSSR count). The van der Waals surface area contributed by atoms with Crippen molar-refractivity contribution in [2.75, 3.05) is 0 Å². The fourth-order valence-corrected chi connectivity index (χ4v) is 3.38. The van der Waals surface area contributed by atoms with Gasteiger partial charge in [0.1, 0.15) is 0 Å². The largest absolute Gasteiger partial charge is 0.399 e. The molecule has 5 nitrogen and oxygen atoms in total. The van der Waals surface area contributed by atoms with Gasteiger partial charge in [0.15, 0.2) is 0 Å². The second kappa shape index (κ2) is 4.81. The van der Waals surface area contributed by atoms with Crippen LogP contribution in [0.25, 0.3) is 0 Å². The first kappa shape index (κ1) is 12.4. The maximum absolute atomic E-state index is 11.0. The Kier molecular flexibility index (Phi) is 3.14. The minimum Gasteiger partial charge on any atom is -0.399 e. The van der Waals surface area contributed by atoms with Gasteiger partial charge in [0.05, 0.1) is 17.8 Å². The summed E-state index contributed by atoms with van der Waals surface area (Å²) in [5, 5.41) is 19.0. The Labute approximate surface area is 112 Å². The molecule has 19 heavy (non-hydrogen) atoms. The van der Waals surface area contributed by atoms with Crippen LogP contribution in [0, 0.1) is 5.92 Å². The third-order valence-corrected chi connectivity index (χ3v) is 4.31. The maximum atomic E-state index is 11.0. The predicted molar refractivity (Wildman–Crippen MR) is 72.0 cm³/mol. The Morgan fingerprint density at radius 2 is 2.21 bits per heavy atom.